The maximum Gasteiger partial charge on any atom is 0.261 e. The van der Waals surface area contributed by atoms with E-state index in [4.69, 9.17) is 5.73 Å². The van der Waals surface area contributed by atoms with Crippen molar-refractivity contribution in [3.63, 3.8) is 0 Å². The number of hydrogen-bond acceptors (Lipinski definition) is 4. The van der Waals surface area contributed by atoms with Crippen molar-refractivity contribution in [3.05, 3.63) is 38.8 Å². The molecule has 3 rings (SSSR count). The molecule has 0 spiro atoms. The summed E-state index contributed by atoms with van der Waals surface area (Å²) in [5.74, 6) is -0.0274. The van der Waals surface area contributed by atoms with Crippen LogP contribution in [-0.2, 0) is 0 Å². The minimum absolute atomic E-state index is 0.102. The first-order chi connectivity index (χ1) is 9.06. The highest BCUT2D eigenvalue weighted by atomic mass is 32.1. The van der Waals surface area contributed by atoms with Crippen LogP contribution < -0.4 is 11.3 Å². The van der Waals surface area contributed by atoms with E-state index in [2.05, 4.69) is 9.97 Å². The molecule has 0 aliphatic heterocycles. The Morgan fingerprint density at radius 3 is 3.05 bits per heavy atom. The molecule has 4 nitrogen and oxygen atoms in total. The number of H-pyrrole nitrogens is 1. The van der Waals surface area contributed by atoms with Crippen LogP contribution in [0.15, 0.2) is 22.8 Å². The molecule has 0 saturated carbocycles. The third-order valence-corrected chi connectivity index (χ3v) is 4.38. The summed E-state index contributed by atoms with van der Waals surface area (Å²) in [5.41, 5.74) is 6.94. The second-order valence-electron chi connectivity index (χ2n) is 4.48. The van der Waals surface area contributed by atoms with Crippen molar-refractivity contribution in [1.82, 2.24) is 9.97 Å². The van der Waals surface area contributed by atoms with Gasteiger partial charge in [-0.15, -0.1) is 11.3 Å². The van der Waals surface area contributed by atoms with Crippen molar-refractivity contribution in [2.24, 2.45) is 0 Å². The maximum atomic E-state index is 13.4. The Hall–Kier alpha value is -1.95. The summed E-state index contributed by atoms with van der Waals surface area (Å²) in [4.78, 5) is 20.0. The van der Waals surface area contributed by atoms with Crippen LogP contribution in [0.25, 0.3) is 15.8 Å². The van der Waals surface area contributed by atoms with Gasteiger partial charge in [-0.1, -0.05) is 6.08 Å². The number of thiophene rings is 1. The molecule has 0 unspecified atom stereocenters. The number of nitrogens with zero attached hydrogens (tertiary/aromatic N) is 1. The summed E-state index contributed by atoms with van der Waals surface area (Å²) in [6, 6.07) is 0. The zero-order valence-electron chi connectivity index (χ0n) is 10.3. The molecule has 19 heavy (non-hydrogen) atoms. The van der Waals surface area contributed by atoms with Crippen molar-refractivity contribution in [1.29, 1.82) is 0 Å². The molecule has 2 heterocycles. The van der Waals surface area contributed by atoms with Gasteiger partial charge in [0.2, 0.25) is 5.95 Å². The highest BCUT2D eigenvalue weighted by Crippen LogP contribution is 2.36. The molecule has 3 N–H and O–H groups in total. The summed E-state index contributed by atoms with van der Waals surface area (Å²) >= 11 is 1.37. The monoisotopic (exact) mass is 277 g/mol. The van der Waals surface area contributed by atoms with Crippen molar-refractivity contribution in [2.45, 2.75) is 19.8 Å². The normalized spacial score (nSPS) is 15.5. The van der Waals surface area contributed by atoms with Crippen molar-refractivity contribution < 1.29 is 4.39 Å². The van der Waals surface area contributed by atoms with Gasteiger partial charge in [0, 0.05) is 11.3 Å². The number of aromatic amines is 1. The Balaban J connectivity index is 2.27. The standard InChI is InChI=1S/C13H12FN3OS/c1-6-9-11(18)16-13(15)17-12(9)19-10(6)7-3-2-4-8(14)5-7/h3,5H,2,4H2,1H3,(H3,15,16,17,18). The van der Waals surface area contributed by atoms with Gasteiger partial charge in [0.1, 0.15) is 10.7 Å². The van der Waals surface area contributed by atoms with Crippen molar-refractivity contribution >= 4 is 33.1 Å². The summed E-state index contributed by atoms with van der Waals surface area (Å²) in [7, 11) is 0. The minimum Gasteiger partial charge on any atom is -0.369 e. The zero-order valence-corrected chi connectivity index (χ0v) is 11.1. The summed E-state index contributed by atoms with van der Waals surface area (Å²) in [6.45, 7) is 1.85. The van der Waals surface area contributed by atoms with Gasteiger partial charge in [-0.3, -0.25) is 9.78 Å². The fraction of sp³-hybridized carbons (Fsp3) is 0.231. The molecule has 0 aromatic carbocycles. The SMILES string of the molecule is Cc1c(C2=CCCC(F)=C2)sc2nc(N)[nH]c(=O)c12. The van der Waals surface area contributed by atoms with Gasteiger partial charge in [-0.2, -0.15) is 0 Å². The Morgan fingerprint density at radius 2 is 2.32 bits per heavy atom. The number of aryl methyl sites for hydroxylation is 1. The number of halogens is 1. The number of allylic oxidation sites excluding steroid dienone is 4. The lowest BCUT2D eigenvalue weighted by molar-refractivity contribution is 0.589. The van der Waals surface area contributed by atoms with Crippen LogP contribution in [0.3, 0.4) is 0 Å². The molecule has 6 heteroatoms. The van der Waals surface area contributed by atoms with Crippen LogP contribution in [0.1, 0.15) is 23.3 Å². The first-order valence-electron chi connectivity index (χ1n) is 5.92. The number of anilines is 1. The van der Waals surface area contributed by atoms with Gasteiger partial charge in [0.25, 0.3) is 5.56 Å². The number of nitrogen functional groups attached to an aromatic ring is 1. The highest BCUT2D eigenvalue weighted by Gasteiger charge is 2.17. The Kier molecular flexibility index (Phi) is 2.74. The summed E-state index contributed by atoms with van der Waals surface area (Å²) < 4.78 is 13.4. The van der Waals surface area contributed by atoms with E-state index in [1.54, 1.807) is 0 Å². The van der Waals surface area contributed by atoms with Crippen LogP contribution in [0, 0.1) is 6.92 Å². The van der Waals surface area contributed by atoms with E-state index in [0.29, 0.717) is 23.1 Å². The first-order valence-corrected chi connectivity index (χ1v) is 6.73. The van der Waals surface area contributed by atoms with Gasteiger partial charge in [0.15, 0.2) is 0 Å². The second kappa shape index (κ2) is 4.31. The average Bonchev–Trinajstić information content (AvgIpc) is 2.66. The highest BCUT2D eigenvalue weighted by molar-refractivity contribution is 7.19. The molecule has 2 aromatic rings. The van der Waals surface area contributed by atoms with Gasteiger partial charge >= 0.3 is 0 Å². The van der Waals surface area contributed by atoms with E-state index in [0.717, 1.165) is 16.0 Å². The molecule has 0 saturated heterocycles. The Labute approximate surface area is 112 Å². The second-order valence-corrected chi connectivity index (χ2v) is 5.48. The third kappa shape index (κ3) is 1.98. The smallest absolute Gasteiger partial charge is 0.261 e. The number of aromatic nitrogens is 2. The fourth-order valence-electron chi connectivity index (χ4n) is 2.26. The molecule has 98 valence electrons. The maximum absolute atomic E-state index is 13.4. The number of nitrogens with two attached hydrogens (primary N) is 1. The average molecular weight is 277 g/mol. The third-order valence-electron chi connectivity index (χ3n) is 3.14. The first kappa shape index (κ1) is 12.1. The van der Waals surface area contributed by atoms with Crippen LogP contribution >= 0.6 is 11.3 Å². The number of rotatable bonds is 1. The number of hydrogen-bond donors (Lipinski definition) is 2. The van der Waals surface area contributed by atoms with Gasteiger partial charge in [-0.25, -0.2) is 9.37 Å². The number of nitrogens with one attached hydrogen (secondary N) is 1. The molecular formula is C13H12FN3OS. The van der Waals surface area contributed by atoms with E-state index < -0.39 is 0 Å². The minimum atomic E-state index is -0.247. The lowest BCUT2D eigenvalue weighted by atomic mass is 10.0. The van der Waals surface area contributed by atoms with Crippen molar-refractivity contribution in [2.75, 3.05) is 5.73 Å². The Morgan fingerprint density at radius 1 is 1.53 bits per heavy atom. The van der Waals surface area contributed by atoms with Crippen molar-refractivity contribution in [3.8, 4) is 0 Å². The van der Waals surface area contributed by atoms with Crippen LogP contribution in [0.5, 0.6) is 0 Å². The van der Waals surface area contributed by atoms with E-state index >= 15 is 0 Å². The lowest BCUT2D eigenvalue weighted by Crippen LogP contribution is -2.10. The molecule has 0 fully saturated rings. The van der Waals surface area contributed by atoms with Gasteiger partial charge in [-0.05, 0) is 30.6 Å². The quantitative estimate of drug-likeness (QED) is 0.841. The predicted octanol–water partition coefficient (Wildman–Crippen LogP) is 2.91. The van der Waals surface area contributed by atoms with E-state index in [-0.39, 0.29) is 17.3 Å². The molecule has 0 radical (unpaired) electrons. The molecule has 0 bridgehead atoms. The zero-order chi connectivity index (χ0) is 13.6. The van der Waals surface area contributed by atoms with E-state index in [1.165, 1.54) is 17.4 Å². The fourth-order valence-corrected chi connectivity index (χ4v) is 3.46. The van der Waals surface area contributed by atoms with Crippen LogP contribution in [0.2, 0.25) is 0 Å². The van der Waals surface area contributed by atoms with Gasteiger partial charge in [0.05, 0.1) is 5.39 Å². The number of fused-ring (bicyclic) bond motifs is 1. The predicted molar refractivity (Wildman–Crippen MR) is 75.8 cm³/mol. The molecule has 0 amide bonds. The Bertz CT molecular complexity index is 785. The topological polar surface area (TPSA) is 71.8 Å². The largest absolute Gasteiger partial charge is 0.369 e. The van der Waals surface area contributed by atoms with Gasteiger partial charge < -0.3 is 5.73 Å². The lowest BCUT2D eigenvalue weighted by Gasteiger charge is -2.07. The molecule has 0 atom stereocenters. The molecule has 2 aromatic heterocycles. The molecule has 1 aliphatic rings. The van der Waals surface area contributed by atoms with Crippen LogP contribution in [0.4, 0.5) is 10.3 Å². The van der Waals surface area contributed by atoms with Crippen LogP contribution in [-0.4, -0.2) is 9.97 Å². The van der Waals surface area contributed by atoms with E-state index in [1.807, 2.05) is 13.0 Å². The molecule has 1 aliphatic carbocycles. The molecular weight excluding hydrogens is 265 g/mol. The summed E-state index contributed by atoms with van der Waals surface area (Å²) in [6.07, 6.45) is 4.63. The van der Waals surface area contributed by atoms with E-state index in [9.17, 15) is 9.18 Å². The summed E-state index contributed by atoms with van der Waals surface area (Å²) in [5, 5.41) is 0.537.